The Kier molecular flexibility index (Phi) is 50.2. The molecule has 0 aromatic heterocycles. The molecule has 0 fully saturated rings. The summed E-state index contributed by atoms with van der Waals surface area (Å²) in [7, 11) is 0. The van der Waals surface area contributed by atoms with Gasteiger partial charge in [-0.25, -0.2) is 0 Å². The van der Waals surface area contributed by atoms with Gasteiger partial charge >= 0.3 is 28.5 Å². The van der Waals surface area contributed by atoms with E-state index in [0.29, 0.717) is 0 Å². The van der Waals surface area contributed by atoms with Crippen LogP contribution in [-0.4, -0.2) is 0 Å². The molecule has 0 amide bonds. The van der Waals surface area contributed by atoms with Crippen molar-refractivity contribution in [3.8, 4) is 0 Å². The van der Waals surface area contributed by atoms with Crippen LogP contribution >= 0.6 is 13.8 Å². The summed E-state index contributed by atoms with van der Waals surface area (Å²) >= 11 is -0.486. The third-order valence-electron chi connectivity index (χ3n) is 0. The van der Waals surface area contributed by atoms with Crippen LogP contribution in [0.2, 0.25) is 0 Å². The molecule has 0 rings (SSSR count). The van der Waals surface area contributed by atoms with Crippen molar-refractivity contribution in [3.63, 3.8) is 0 Å². The first kappa shape index (κ1) is 15.6. The molecule has 5 heavy (non-hydrogen) atoms. The van der Waals surface area contributed by atoms with E-state index in [0.717, 1.165) is 0 Å². The van der Waals surface area contributed by atoms with Crippen LogP contribution in [0.15, 0.2) is 0 Å². The van der Waals surface area contributed by atoms with Gasteiger partial charge in [0.1, 0.15) is 0 Å². The molecule has 0 aromatic carbocycles. The molecule has 0 aromatic rings. The molecule has 0 heterocycles. The van der Waals surface area contributed by atoms with E-state index in [2.05, 4.69) is 13.8 Å². The Morgan fingerprint density at radius 1 is 1.20 bits per heavy atom. The summed E-state index contributed by atoms with van der Waals surface area (Å²) in [5, 5.41) is 0. The Hall–Kier alpha value is 2.50. The molecular formula is CuNiP2Zn. The van der Waals surface area contributed by atoms with E-state index in [1.807, 2.05) is 0 Å². The molecule has 5 heteroatoms. The van der Waals surface area contributed by atoms with Gasteiger partial charge in [-0.2, -0.15) is 0 Å². The van der Waals surface area contributed by atoms with E-state index in [1.54, 1.807) is 0 Å². The van der Waals surface area contributed by atoms with E-state index in [9.17, 15) is 0 Å². The van der Waals surface area contributed by atoms with E-state index < -0.39 is 14.7 Å². The summed E-state index contributed by atoms with van der Waals surface area (Å²) in [6, 6.07) is 0. The van der Waals surface area contributed by atoms with Crippen LogP contribution in [0.3, 0.4) is 0 Å². The van der Waals surface area contributed by atoms with Gasteiger partial charge in [0.25, 0.3) is 0 Å². The summed E-state index contributed by atoms with van der Waals surface area (Å²) in [4.78, 5) is 0. The van der Waals surface area contributed by atoms with Crippen molar-refractivity contribution in [1.82, 2.24) is 0 Å². The molecule has 33 valence electrons. The normalized spacial score (nSPS) is 3.60. The molecule has 0 aliphatic rings. The van der Waals surface area contributed by atoms with Crippen LogP contribution in [0.1, 0.15) is 0 Å². The predicted octanol–water partition coefficient (Wildman–Crippen LogP) is 1.71. The van der Waals surface area contributed by atoms with Gasteiger partial charge in [0, 0.05) is 33.6 Å². The van der Waals surface area contributed by atoms with Gasteiger partial charge in [-0.1, -0.05) is 0 Å². The van der Waals surface area contributed by atoms with E-state index in [4.69, 9.17) is 0 Å². The average molecular weight is 250 g/mol. The molecular weight excluding hydrogens is 250 g/mol. The molecule has 0 bridgehead atoms. The molecule has 0 N–H and O–H groups in total. The molecule has 1 radical (unpaired) electrons. The Bertz CT molecular complexity index is 82.8. The van der Waals surface area contributed by atoms with Gasteiger partial charge in [0.15, 0.2) is 0 Å². The summed E-state index contributed by atoms with van der Waals surface area (Å²) in [5.74, 6) is 0. The maximum atomic E-state index is 3.84. The zero-order valence-electron chi connectivity index (χ0n) is 2.22. The van der Waals surface area contributed by atoms with Crippen molar-refractivity contribution in [1.29, 1.82) is 0 Å². The predicted molar refractivity (Wildman–Crippen MR) is 13.8 cm³/mol. The third kappa shape index (κ3) is 21.1. The Labute approximate surface area is 61.7 Å². The SMILES string of the molecule is [Cu].[Ni].[P]#[Zn]#[P]. The number of rotatable bonds is 0. The zero-order chi connectivity index (χ0) is 2.71. The van der Waals surface area contributed by atoms with Crippen molar-refractivity contribution in [2.75, 3.05) is 0 Å². The first-order valence-electron chi connectivity index (χ1n) is 0.632. The molecule has 0 saturated heterocycles. The fourth-order valence-corrected chi connectivity index (χ4v) is 0. The second kappa shape index (κ2) is 16.1. The van der Waals surface area contributed by atoms with E-state index in [1.165, 1.54) is 0 Å². The Balaban J connectivity index is -0.0000000200. The minimum absolute atomic E-state index is 0. The van der Waals surface area contributed by atoms with Gasteiger partial charge in [-0.05, 0) is 0 Å². The van der Waals surface area contributed by atoms with Crippen molar-refractivity contribution in [2.24, 2.45) is 0 Å². The van der Waals surface area contributed by atoms with Crippen molar-refractivity contribution < 1.29 is 48.3 Å². The molecule has 0 aliphatic heterocycles. The molecule has 0 aliphatic carbocycles. The maximum absolute atomic E-state index is 3.84. The molecule has 0 nitrogen and oxygen atoms in total. The Morgan fingerprint density at radius 2 is 1.20 bits per heavy atom. The van der Waals surface area contributed by atoms with Crippen molar-refractivity contribution in [3.05, 3.63) is 0 Å². The topological polar surface area (TPSA) is 0 Å². The fourth-order valence-electron chi connectivity index (χ4n) is 0. The van der Waals surface area contributed by atoms with Gasteiger partial charge in [-0.15, -0.1) is 0 Å². The Morgan fingerprint density at radius 3 is 1.20 bits per heavy atom. The van der Waals surface area contributed by atoms with Gasteiger partial charge in [0.05, 0.1) is 0 Å². The number of hydrogen-bond donors (Lipinski definition) is 0. The molecule has 0 spiro atoms. The summed E-state index contributed by atoms with van der Waals surface area (Å²) in [6.07, 6.45) is 0. The zero-order valence-corrected chi connectivity index (χ0v) is 8.90. The second-order valence-corrected chi connectivity index (χ2v) is 6.61. The standard InChI is InChI=1S/Cu.Ni.2P.Zn. The van der Waals surface area contributed by atoms with Crippen LogP contribution in [0.4, 0.5) is 0 Å². The van der Waals surface area contributed by atoms with Gasteiger partial charge in [-0.3, -0.25) is 0 Å². The molecule has 0 atom stereocenters. The molecule has 0 saturated carbocycles. The average Bonchev–Trinajstić information content (AvgIpc) is 0.918. The van der Waals surface area contributed by atoms with E-state index in [-0.39, 0.29) is 33.6 Å². The van der Waals surface area contributed by atoms with Crippen molar-refractivity contribution >= 4 is 13.8 Å². The third-order valence-corrected chi connectivity index (χ3v) is 0. The summed E-state index contributed by atoms with van der Waals surface area (Å²) in [6.45, 7) is 7.68. The van der Waals surface area contributed by atoms with Crippen LogP contribution in [0, 0.1) is 0 Å². The van der Waals surface area contributed by atoms with Crippen LogP contribution in [0.5, 0.6) is 0 Å². The van der Waals surface area contributed by atoms with Crippen molar-refractivity contribution in [2.45, 2.75) is 0 Å². The van der Waals surface area contributed by atoms with Crippen LogP contribution < -0.4 is 0 Å². The summed E-state index contributed by atoms with van der Waals surface area (Å²) in [5.41, 5.74) is 0. The van der Waals surface area contributed by atoms with Crippen LogP contribution in [0.25, 0.3) is 0 Å². The minimum atomic E-state index is -0.486. The molecule has 0 unspecified atom stereocenters. The van der Waals surface area contributed by atoms with Gasteiger partial charge < -0.3 is 0 Å². The monoisotopic (exact) mass is 247 g/mol. The summed E-state index contributed by atoms with van der Waals surface area (Å²) < 4.78 is 0. The first-order chi connectivity index (χ1) is 1.41. The quantitative estimate of drug-likeness (QED) is 0.453. The fraction of sp³-hybridized carbons (Fsp3) is 0. The van der Waals surface area contributed by atoms with Gasteiger partial charge in [0.2, 0.25) is 0 Å². The first-order valence-corrected chi connectivity index (χ1v) is 9.86. The van der Waals surface area contributed by atoms with E-state index >= 15 is 0 Å². The second-order valence-electron chi connectivity index (χ2n) is 0.141. The van der Waals surface area contributed by atoms with Crippen LogP contribution in [-0.2, 0) is 48.3 Å². The number of hydrogen-bond acceptors (Lipinski definition) is 0.